The number of amidine groups is 1. The first-order valence-electron chi connectivity index (χ1n) is 10.6. The van der Waals surface area contributed by atoms with E-state index in [1.165, 1.54) is 0 Å². The Morgan fingerprint density at radius 2 is 1.52 bits per heavy atom. The van der Waals surface area contributed by atoms with Gasteiger partial charge in [0.15, 0.2) is 5.84 Å². The van der Waals surface area contributed by atoms with Crippen LogP contribution in [0.5, 0.6) is 0 Å². The number of hydrazine groups is 2. The van der Waals surface area contributed by atoms with Gasteiger partial charge in [-0.3, -0.25) is 4.72 Å². The summed E-state index contributed by atoms with van der Waals surface area (Å²) < 4.78 is 26.4. The summed E-state index contributed by atoms with van der Waals surface area (Å²) in [5.74, 6) is 0.779. The fourth-order valence-corrected chi connectivity index (χ4v) is 3.88. The highest BCUT2D eigenvalue weighted by Crippen LogP contribution is 2.21. The van der Waals surface area contributed by atoms with Gasteiger partial charge in [0.25, 0.3) is 0 Å². The lowest BCUT2D eigenvalue weighted by Crippen LogP contribution is -2.41. The zero-order valence-electron chi connectivity index (χ0n) is 18.8. The summed E-state index contributed by atoms with van der Waals surface area (Å²) in [5, 5.41) is 9.62. The summed E-state index contributed by atoms with van der Waals surface area (Å²) in [4.78, 5) is 0. The predicted molar refractivity (Wildman–Crippen MR) is 134 cm³/mol. The number of nitrogens with one attached hydrogen (secondary N) is 4. The molecule has 1 aliphatic rings. The van der Waals surface area contributed by atoms with E-state index in [1.807, 2.05) is 71.7 Å². The Bertz CT molecular complexity index is 1220. The number of rotatable bonds is 7. The molecule has 0 atom stereocenters. The van der Waals surface area contributed by atoms with Crippen LogP contribution in [0.15, 0.2) is 84.0 Å². The average Bonchev–Trinajstić information content (AvgIpc) is 3.29. The van der Waals surface area contributed by atoms with Crippen molar-refractivity contribution in [2.45, 2.75) is 32.1 Å². The third-order valence-electron chi connectivity index (χ3n) is 5.20. The van der Waals surface area contributed by atoms with Crippen LogP contribution in [0.3, 0.4) is 0 Å². The molecule has 0 unspecified atom stereocenters. The molecular weight excluding hydrogens is 436 g/mol. The number of benzene rings is 3. The summed E-state index contributed by atoms with van der Waals surface area (Å²) >= 11 is 0. The number of sulfonamides is 1. The number of nitrogens with zero attached hydrogens (tertiary/aromatic N) is 2. The Balaban J connectivity index is 1.36. The largest absolute Gasteiger partial charge is 0.381 e. The van der Waals surface area contributed by atoms with Crippen molar-refractivity contribution in [3.8, 4) is 0 Å². The standard InChI is InChI=1S/C24H28N6O2S/c1-24(2,3)33(31,32)27-21-13-9-18(10-14-21)17-25-20-15-11-19(12-16-20)23-26-28-29-30(23)22-7-5-4-6-8-22/h4-16,25,27-29H,17H2,1-3H3. The van der Waals surface area contributed by atoms with E-state index >= 15 is 0 Å². The Morgan fingerprint density at radius 1 is 0.879 bits per heavy atom. The van der Waals surface area contributed by atoms with Crippen LogP contribution in [0, 0.1) is 0 Å². The van der Waals surface area contributed by atoms with Gasteiger partial charge in [0.1, 0.15) is 0 Å². The van der Waals surface area contributed by atoms with E-state index in [9.17, 15) is 8.42 Å². The van der Waals surface area contributed by atoms with Gasteiger partial charge < -0.3 is 5.32 Å². The van der Waals surface area contributed by atoms with E-state index < -0.39 is 14.8 Å². The van der Waals surface area contributed by atoms with E-state index in [4.69, 9.17) is 0 Å². The minimum absolute atomic E-state index is 0.556. The molecule has 33 heavy (non-hydrogen) atoms. The van der Waals surface area contributed by atoms with Crippen LogP contribution < -0.4 is 26.1 Å². The second-order valence-electron chi connectivity index (χ2n) is 8.68. The molecule has 0 bridgehead atoms. The van der Waals surface area contributed by atoms with Gasteiger partial charge in [-0.1, -0.05) is 30.3 Å². The molecule has 4 rings (SSSR count). The van der Waals surface area contributed by atoms with Crippen LogP contribution in [0.4, 0.5) is 17.1 Å². The van der Waals surface area contributed by atoms with Crippen molar-refractivity contribution in [3.63, 3.8) is 0 Å². The lowest BCUT2D eigenvalue weighted by molar-refractivity contribution is 0.566. The summed E-state index contributed by atoms with van der Waals surface area (Å²) in [6.07, 6.45) is 0. The van der Waals surface area contributed by atoms with Gasteiger partial charge in [0.2, 0.25) is 10.0 Å². The lowest BCUT2D eigenvalue weighted by Gasteiger charge is -2.20. The molecule has 0 amide bonds. The molecule has 0 fully saturated rings. The minimum atomic E-state index is -3.44. The first kappa shape index (κ1) is 22.6. The molecule has 0 aliphatic carbocycles. The second kappa shape index (κ2) is 9.13. The first-order valence-corrected chi connectivity index (χ1v) is 12.1. The quantitative estimate of drug-likeness (QED) is 0.422. The van der Waals surface area contributed by atoms with E-state index in [1.54, 1.807) is 32.9 Å². The SMILES string of the molecule is CC(C)(C)S(=O)(=O)Nc1ccc(CNc2ccc(C3=NNNN3c3ccccc3)cc2)cc1. The number of para-hydroxylation sites is 1. The number of hydrogen-bond acceptors (Lipinski definition) is 7. The summed E-state index contributed by atoms with van der Waals surface area (Å²) in [7, 11) is -3.44. The van der Waals surface area contributed by atoms with Gasteiger partial charge in [-0.2, -0.15) is 0 Å². The monoisotopic (exact) mass is 464 g/mol. The van der Waals surface area contributed by atoms with Crippen LogP contribution >= 0.6 is 0 Å². The molecule has 0 saturated carbocycles. The van der Waals surface area contributed by atoms with Gasteiger partial charge in [-0.15, -0.1) is 10.6 Å². The van der Waals surface area contributed by atoms with Crippen molar-refractivity contribution in [3.05, 3.63) is 90.0 Å². The molecule has 8 nitrogen and oxygen atoms in total. The molecule has 0 radical (unpaired) electrons. The summed E-state index contributed by atoms with van der Waals surface area (Å²) in [5.41, 5.74) is 10.4. The number of anilines is 3. The Morgan fingerprint density at radius 3 is 2.15 bits per heavy atom. The van der Waals surface area contributed by atoms with Crippen molar-refractivity contribution in [2.24, 2.45) is 5.10 Å². The topological polar surface area (TPSA) is 97.9 Å². The summed E-state index contributed by atoms with van der Waals surface area (Å²) in [6, 6.07) is 25.3. The van der Waals surface area contributed by atoms with Gasteiger partial charge >= 0.3 is 0 Å². The second-order valence-corrected chi connectivity index (χ2v) is 11.1. The molecule has 3 aromatic rings. The molecule has 0 aromatic heterocycles. The van der Waals surface area contributed by atoms with Gasteiger partial charge in [-0.25, -0.2) is 19.0 Å². The predicted octanol–water partition coefficient (Wildman–Crippen LogP) is 4.03. The van der Waals surface area contributed by atoms with Crippen LogP contribution in [0.2, 0.25) is 0 Å². The molecule has 172 valence electrons. The maximum atomic E-state index is 12.3. The van der Waals surface area contributed by atoms with E-state index in [0.717, 1.165) is 28.3 Å². The molecule has 9 heteroatoms. The molecular formula is C24H28N6O2S. The van der Waals surface area contributed by atoms with Gasteiger partial charge in [0.05, 0.1) is 10.4 Å². The fraction of sp³-hybridized carbons (Fsp3) is 0.208. The van der Waals surface area contributed by atoms with Crippen LogP contribution in [0.1, 0.15) is 31.9 Å². The number of hydrazone groups is 1. The van der Waals surface area contributed by atoms with Crippen molar-refractivity contribution in [1.29, 1.82) is 0 Å². The Kier molecular flexibility index (Phi) is 6.26. The molecule has 0 spiro atoms. The maximum absolute atomic E-state index is 12.3. The zero-order valence-corrected chi connectivity index (χ0v) is 19.6. The minimum Gasteiger partial charge on any atom is -0.381 e. The normalized spacial score (nSPS) is 13.9. The number of hydrogen-bond donors (Lipinski definition) is 4. The lowest BCUT2D eigenvalue weighted by atomic mass is 10.1. The van der Waals surface area contributed by atoms with Crippen LogP contribution in [0.25, 0.3) is 0 Å². The molecule has 1 heterocycles. The van der Waals surface area contributed by atoms with E-state index in [0.29, 0.717) is 12.2 Å². The van der Waals surface area contributed by atoms with Gasteiger partial charge in [0, 0.05) is 23.5 Å². The maximum Gasteiger partial charge on any atom is 0.237 e. The first-order chi connectivity index (χ1) is 15.7. The van der Waals surface area contributed by atoms with Crippen LogP contribution in [-0.4, -0.2) is 19.0 Å². The fourth-order valence-electron chi connectivity index (χ4n) is 3.13. The molecule has 0 saturated heterocycles. The van der Waals surface area contributed by atoms with E-state index in [-0.39, 0.29) is 0 Å². The Labute approximate surface area is 194 Å². The van der Waals surface area contributed by atoms with Crippen molar-refractivity contribution >= 4 is 32.9 Å². The molecule has 4 N–H and O–H groups in total. The highest BCUT2D eigenvalue weighted by atomic mass is 32.2. The highest BCUT2D eigenvalue weighted by Gasteiger charge is 2.28. The van der Waals surface area contributed by atoms with Gasteiger partial charge in [-0.05, 0) is 74.9 Å². The Hall–Kier alpha value is -3.56. The van der Waals surface area contributed by atoms with Crippen molar-refractivity contribution in [1.82, 2.24) is 11.1 Å². The zero-order chi connectivity index (χ0) is 23.5. The van der Waals surface area contributed by atoms with Crippen LogP contribution in [-0.2, 0) is 16.6 Å². The smallest absolute Gasteiger partial charge is 0.237 e. The molecule has 1 aliphatic heterocycles. The third kappa shape index (κ3) is 5.27. The average molecular weight is 465 g/mol. The van der Waals surface area contributed by atoms with E-state index in [2.05, 4.69) is 26.2 Å². The highest BCUT2D eigenvalue weighted by molar-refractivity contribution is 7.94. The third-order valence-corrected chi connectivity index (χ3v) is 7.32. The van der Waals surface area contributed by atoms with Crippen molar-refractivity contribution < 1.29 is 8.42 Å². The summed E-state index contributed by atoms with van der Waals surface area (Å²) in [6.45, 7) is 5.63. The molecule has 3 aromatic carbocycles. The van der Waals surface area contributed by atoms with Crippen molar-refractivity contribution in [2.75, 3.05) is 15.0 Å².